The van der Waals surface area contributed by atoms with Gasteiger partial charge in [0.25, 0.3) is 0 Å². The lowest BCUT2D eigenvalue weighted by molar-refractivity contribution is -0.122. The Morgan fingerprint density at radius 3 is 2.40 bits per heavy atom. The number of carbonyl (C=O) groups excluding carboxylic acids is 3. The van der Waals surface area contributed by atoms with Gasteiger partial charge in [-0.05, 0) is 65.2 Å². The number of para-hydroxylation sites is 1. The van der Waals surface area contributed by atoms with Crippen LogP contribution < -0.4 is 14.8 Å². The number of halogens is 1. The molecule has 214 valence electrons. The molecule has 1 saturated heterocycles. The van der Waals surface area contributed by atoms with Gasteiger partial charge in [0.1, 0.15) is 28.8 Å². The fraction of sp³-hybridized carbons (Fsp3) is 0.171. The predicted octanol–water partition coefficient (Wildman–Crippen LogP) is 5.82. The second kappa shape index (κ2) is 9.94. The zero-order valence-electron chi connectivity index (χ0n) is 23.4. The summed E-state index contributed by atoms with van der Waals surface area (Å²) in [4.78, 5) is 45.9. The maximum Gasteiger partial charge on any atom is 0.238 e. The van der Waals surface area contributed by atoms with Gasteiger partial charge in [-0.3, -0.25) is 14.4 Å². The molecular formula is C35H27FN2O5. The number of anilines is 1. The summed E-state index contributed by atoms with van der Waals surface area (Å²) in [5, 5.41) is 3.02. The third-order valence-corrected chi connectivity index (χ3v) is 8.92. The van der Waals surface area contributed by atoms with Crippen molar-refractivity contribution in [2.75, 3.05) is 19.5 Å². The third kappa shape index (κ3) is 3.75. The fourth-order valence-corrected chi connectivity index (χ4v) is 7.12. The Morgan fingerprint density at radius 2 is 1.63 bits per heavy atom. The van der Waals surface area contributed by atoms with Gasteiger partial charge in [0.2, 0.25) is 5.91 Å². The van der Waals surface area contributed by atoms with Gasteiger partial charge in [-0.25, -0.2) is 4.39 Å². The number of ketones is 2. The standard InChI is InChI=1S/C35H27FN2O5/c1-42-23-15-16-25(28(19-23)43-2)32(40)30-29(31(39)21-11-13-22(36)14-12-21)35(26-9-5-6-10-27(26)37-34(35)41)33-24-8-4-3-7-20(24)17-18-38(30)33/h3-19,29-30,33H,1-2H3,(H,37,41). The van der Waals surface area contributed by atoms with E-state index in [1.807, 2.05) is 53.4 Å². The molecule has 0 saturated carbocycles. The molecule has 7 rings (SSSR count). The van der Waals surface area contributed by atoms with Crippen molar-refractivity contribution in [1.82, 2.24) is 4.90 Å². The van der Waals surface area contributed by atoms with Crippen LogP contribution in [0.3, 0.4) is 0 Å². The quantitative estimate of drug-likeness (QED) is 0.292. The Labute approximate surface area is 247 Å². The van der Waals surface area contributed by atoms with Crippen LogP contribution in [0.4, 0.5) is 10.1 Å². The molecule has 1 spiro atoms. The van der Waals surface area contributed by atoms with Crippen LogP contribution in [0.5, 0.6) is 11.5 Å². The molecular weight excluding hydrogens is 547 g/mol. The van der Waals surface area contributed by atoms with Crippen molar-refractivity contribution in [2.45, 2.75) is 17.5 Å². The predicted molar refractivity (Wildman–Crippen MR) is 159 cm³/mol. The Kier molecular flexibility index (Phi) is 6.16. The van der Waals surface area contributed by atoms with Crippen molar-refractivity contribution in [1.29, 1.82) is 0 Å². The van der Waals surface area contributed by atoms with Crippen LogP contribution in [0.2, 0.25) is 0 Å². The molecule has 1 amide bonds. The molecule has 0 bridgehead atoms. The van der Waals surface area contributed by atoms with Crippen molar-refractivity contribution >= 4 is 29.2 Å². The smallest absolute Gasteiger partial charge is 0.238 e. The molecule has 4 unspecified atom stereocenters. The van der Waals surface area contributed by atoms with Crippen LogP contribution in [-0.2, 0) is 10.2 Å². The summed E-state index contributed by atoms with van der Waals surface area (Å²) in [5.41, 5.74) is 1.92. The summed E-state index contributed by atoms with van der Waals surface area (Å²) in [6, 6.07) is 23.3. The SMILES string of the molecule is COc1ccc(C(=O)C2C(C(=O)c3ccc(F)cc3)C3(C(=O)Nc4ccccc43)C3c4ccccc4C=CN23)c(OC)c1. The summed E-state index contributed by atoms with van der Waals surface area (Å²) in [6.45, 7) is 0. The third-order valence-electron chi connectivity index (χ3n) is 8.92. The second-order valence-electron chi connectivity index (χ2n) is 10.9. The van der Waals surface area contributed by atoms with Gasteiger partial charge in [-0.15, -0.1) is 0 Å². The second-order valence-corrected chi connectivity index (χ2v) is 10.9. The Balaban J connectivity index is 1.53. The number of fused-ring (bicyclic) bond motifs is 6. The van der Waals surface area contributed by atoms with Crippen molar-refractivity contribution < 1.29 is 28.2 Å². The van der Waals surface area contributed by atoms with Crippen molar-refractivity contribution in [3.8, 4) is 11.5 Å². The molecule has 1 N–H and O–H groups in total. The van der Waals surface area contributed by atoms with Gasteiger partial charge in [0, 0.05) is 23.5 Å². The summed E-state index contributed by atoms with van der Waals surface area (Å²) in [7, 11) is 2.98. The fourth-order valence-electron chi connectivity index (χ4n) is 7.12. The molecule has 3 heterocycles. The number of ether oxygens (including phenoxy) is 2. The first-order valence-electron chi connectivity index (χ1n) is 13.9. The van der Waals surface area contributed by atoms with E-state index in [2.05, 4.69) is 5.32 Å². The number of nitrogens with zero attached hydrogens (tertiary/aromatic N) is 1. The van der Waals surface area contributed by atoms with E-state index in [0.29, 0.717) is 17.0 Å². The molecule has 0 aromatic heterocycles. The summed E-state index contributed by atoms with van der Waals surface area (Å²) < 4.78 is 24.9. The van der Waals surface area contributed by atoms with Gasteiger partial charge in [0.15, 0.2) is 11.6 Å². The molecule has 4 aromatic carbocycles. The van der Waals surface area contributed by atoms with E-state index in [4.69, 9.17) is 9.47 Å². The number of nitrogens with one attached hydrogen (secondary N) is 1. The molecule has 4 aromatic rings. The van der Waals surface area contributed by atoms with E-state index in [-0.39, 0.29) is 28.6 Å². The minimum atomic E-state index is -1.48. The Hall–Kier alpha value is -5.24. The van der Waals surface area contributed by atoms with Crippen LogP contribution in [0.15, 0.2) is 97.2 Å². The monoisotopic (exact) mass is 574 g/mol. The molecule has 0 aliphatic carbocycles. The zero-order valence-corrected chi connectivity index (χ0v) is 23.4. The van der Waals surface area contributed by atoms with Crippen molar-refractivity contribution in [3.05, 3.63) is 131 Å². The highest BCUT2D eigenvalue weighted by Crippen LogP contribution is 2.62. The lowest BCUT2D eigenvalue weighted by Gasteiger charge is -2.38. The molecule has 8 heteroatoms. The van der Waals surface area contributed by atoms with E-state index >= 15 is 0 Å². The summed E-state index contributed by atoms with van der Waals surface area (Å²) in [6.07, 6.45) is 3.70. The molecule has 43 heavy (non-hydrogen) atoms. The van der Waals surface area contributed by atoms with Crippen LogP contribution in [0, 0.1) is 11.7 Å². The number of benzene rings is 4. The first-order chi connectivity index (χ1) is 20.9. The number of hydrogen-bond acceptors (Lipinski definition) is 6. The highest BCUT2D eigenvalue weighted by atomic mass is 19.1. The molecule has 7 nitrogen and oxygen atoms in total. The average Bonchev–Trinajstić information content (AvgIpc) is 3.52. The Bertz CT molecular complexity index is 1830. The molecule has 3 aliphatic heterocycles. The van der Waals surface area contributed by atoms with Gasteiger partial charge < -0.3 is 19.7 Å². The van der Waals surface area contributed by atoms with E-state index < -0.39 is 35.0 Å². The van der Waals surface area contributed by atoms with Gasteiger partial charge >= 0.3 is 0 Å². The van der Waals surface area contributed by atoms with Crippen LogP contribution >= 0.6 is 0 Å². The molecule has 0 radical (unpaired) electrons. The maximum atomic E-state index is 14.8. The van der Waals surface area contributed by atoms with E-state index in [1.54, 1.807) is 30.5 Å². The number of methoxy groups -OCH3 is 2. The van der Waals surface area contributed by atoms with Gasteiger partial charge in [-0.1, -0.05) is 42.5 Å². The minimum Gasteiger partial charge on any atom is -0.497 e. The number of rotatable bonds is 6. The van der Waals surface area contributed by atoms with Crippen molar-refractivity contribution in [3.63, 3.8) is 0 Å². The first-order valence-corrected chi connectivity index (χ1v) is 13.9. The lowest BCUT2D eigenvalue weighted by Crippen LogP contribution is -2.49. The highest BCUT2D eigenvalue weighted by molar-refractivity contribution is 6.17. The van der Waals surface area contributed by atoms with E-state index in [9.17, 15) is 18.8 Å². The molecule has 1 fully saturated rings. The molecule has 3 aliphatic rings. The van der Waals surface area contributed by atoms with Crippen LogP contribution in [0.25, 0.3) is 6.08 Å². The number of hydrogen-bond donors (Lipinski definition) is 1. The summed E-state index contributed by atoms with van der Waals surface area (Å²) >= 11 is 0. The van der Waals surface area contributed by atoms with E-state index in [1.165, 1.54) is 38.5 Å². The molecule has 4 atom stereocenters. The average molecular weight is 575 g/mol. The minimum absolute atomic E-state index is 0.208. The zero-order chi connectivity index (χ0) is 29.9. The maximum absolute atomic E-state index is 14.8. The summed E-state index contributed by atoms with van der Waals surface area (Å²) in [5.74, 6) is -2.07. The van der Waals surface area contributed by atoms with Crippen molar-refractivity contribution in [2.24, 2.45) is 5.92 Å². The Morgan fingerprint density at radius 1 is 0.884 bits per heavy atom. The van der Waals surface area contributed by atoms with Gasteiger partial charge in [0.05, 0.1) is 31.7 Å². The highest BCUT2D eigenvalue weighted by Gasteiger charge is 2.70. The lowest BCUT2D eigenvalue weighted by atomic mass is 9.62. The van der Waals surface area contributed by atoms with E-state index in [0.717, 1.165) is 11.1 Å². The van der Waals surface area contributed by atoms with Crippen LogP contribution in [-0.4, -0.2) is 42.6 Å². The van der Waals surface area contributed by atoms with Gasteiger partial charge in [-0.2, -0.15) is 0 Å². The number of Topliss-reactive ketones (excluding diaryl/α,β-unsaturated/α-hetero) is 2. The number of carbonyl (C=O) groups is 3. The normalized spacial score (nSPS) is 22.9. The van der Waals surface area contributed by atoms with Crippen LogP contribution in [0.1, 0.15) is 43.4 Å². The first kappa shape index (κ1) is 26.6. The largest absolute Gasteiger partial charge is 0.497 e. The number of amides is 1. The topological polar surface area (TPSA) is 84.9 Å².